The van der Waals surface area contributed by atoms with Crippen LogP contribution in [0.4, 0.5) is 5.69 Å². The Hall–Kier alpha value is -3.42. The summed E-state index contributed by atoms with van der Waals surface area (Å²) in [6.07, 6.45) is 2.04. The Labute approximate surface area is 219 Å². The highest BCUT2D eigenvalue weighted by molar-refractivity contribution is 9.10. The highest BCUT2D eigenvalue weighted by atomic mass is 79.9. The maximum absolute atomic E-state index is 14.1. The van der Waals surface area contributed by atoms with E-state index in [1.165, 1.54) is 0 Å². The highest BCUT2D eigenvalue weighted by Gasteiger charge is 2.45. The number of carbonyl (C=O) groups is 2. The molecular weight excluding hydrogens is 518 g/mol. The predicted molar refractivity (Wildman–Crippen MR) is 145 cm³/mol. The van der Waals surface area contributed by atoms with Crippen LogP contribution in [-0.2, 0) is 16.6 Å². The second-order valence-electron chi connectivity index (χ2n) is 9.16. The number of hydrogen-bond donors (Lipinski definition) is 1. The van der Waals surface area contributed by atoms with Crippen LogP contribution in [0.2, 0.25) is 0 Å². The molecule has 1 aromatic heterocycles. The molecular formula is C29H28BrN3O3. The van der Waals surface area contributed by atoms with Crippen LogP contribution >= 0.6 is 15.9 Å². The van der Waals surface area contributed by atoms with Crippen molar-refractivity contribution in [3.05, 3.63) is 99.7 Å². The molecule has 2 amide bonds. The van der Waals surface area contributed by atoms with Crippen LogP contribution in [0.1, 0.15) is 39.0 Å². The molecule has 1 N–H and O–H groups in total. The first-order chi connectivity index (χ1) is 17.4. The number of benzene rings is 3. The summed E-state index contributed by atoms with van der Waals surface area (Å²) in [4.78, 5) is 29.7. The molecule has 4 aromatic rings. The van der Waals surface area contributed by atoms with E-state index in [2.05, 4.69) is 37.9 Å². The zero-order chi connectivity index (χ0) is 25.4. The number of halogens is 1. The Kier molecular flexibility index (Phi) is 6.69. The molecule has 2 atom stereocenters. The topological polar surface area (TPSA) is 63.6 Å². The van der Waals surface area contributed by atoms with Crippen LogP contribution in [0, 0.1) is 6.92 Å². The molecule has 0 bridgehead atoms. The van der Waals surface area contributed by atoms with E-state index in [0.29, 0.717) is 18.7 Å². The molecule has 0 saturated carbocycles. The molecule has 0 aliphatic carbocycles. The fourth-order valence-corrected chi connectivity index (χ4v) is 5.72. The van der Waals surface area contributed by atoms with Crippen LogP contribution in [0.25, 0.3) is 10.9 Å². The normalized spacial score (nSPS) is 17.3. The summed E-state index contributed by atoms with van der Waals surface area (Å²) in [5, 5.41) is 4.18. The molecule has 5 rings (SSSR count). The van der Waals surface area contributed by atoms with Gasteiger partial charge in [0.2, 0.25) is 5.91 Å². The minimum atomic E-state index is -0.607. The van der Waals surface area contributed by atoms with Gasteiger partial charge in [-0.2, -0.15) is 0 Å². The van der Waals surface area contributed by atoms with Gasteiger partial charge in [-0.1, -0.05) is 52.3 Å². The number of nitrogens with zero attached hydrogens (tertiary/aromatic N) is 2. The van der Waals surface area contributed by atoms with Crippen LogP contribution < -0.4 is 5.32 Å². The Morgan fingerprint density at radius 1 is 1.06 bits per heavy atom. The first kappa shape index (κ1) is 24.3. The van der Waals surface area contributed by atoms with Gasteiger partial charge in [0, 0.05) is 59.1 Å². The number of para-hydroxylation sites is 1. The maximum atomic E-state index is 14.1. The molecule has 3 aromatic carbocycles. The molecule has 0 radical (unpaired) electrons. The first-order valence-electron chi connectivity index (χ1n) is 11.9. The zero-order valence-corrected chi connectivity index (χ0v) is 22.1. The molecule has 0 fully saturated rings. The van der Waals surface area contributed by atoms with Crippen molar-refractivity contribution < 1.29 is 14.3 Å². The average molecular weight is 546 g/mol. The highest BCUT2D eigenvalue weighted by Crippen LogP contribution is 2.45. The Morgan fingerprint density at radius 2 is 1.81 bits per heavy atom. The summed E-state index contributed by atoms with van der Waals surface area (Å²) in [7, 11) is 3.61. The minimum absolute atomic E-state index is 0.0931. The summed E-state index contributed by atoms with van der Waals surface area (Å²) in [6.45, 7) is 2.71. The van der Waals surface area contributed by atoms with Crippen molar-refractivity contribution in [2.75, 3.05) is 25.6 Å². The molecule has 184 valence electrons. The van der Waals surface area contributed by atoms with Crippen molar-refractivity contribution in [2.45, 2.75) is 18.9 Å². The van der Waals surface area contributed by atoms with E-state index in [-0.39, 0.29) is 11.8 Å². The number of nitrogens with one attached hydrogen (secondary N) is 1. The summed E-state index contributed by atoms with van der Waals surface area (Å²) in [5.41, 5.74) is 4.99. The molecule has 0 spiro atoms. The Bertz CT molecular complexity index is 1460. The number of carbonyl (C=O) groups excluding carboxylic acids is 2. The third kappa shape index (κ3) is 4.22. The van der Waals surface area contributed by atoms with Gasteiger partial charge in [0.1, 0.15) is 0 Å². The second kappa shape index (κ2) is 9.91. The largest absolute Gasteiger partial charge is 0.383 e. The summed E-state index contributed by atoms with van der Waals surface area (Å²) in [5.74, 6) is -0.852. The lowest BCUT2D eigenvalue weighted by atomic mass is 9.79. The van der Waals surface area contributed by atoms with Gasteiger partial charge in [0.25, 0.3) is 5.91 Å². The van der Waals surface area contributed by atoms with Crippen molar-refractivity contribution in [3.8, 4) is 0 Å². The third-order valence-corrected chi connectivity index (χ3v) is 7.44. The van der Waals surface area contributed by atoms with Crippen LogP contribution in [0.3, 0.4) is 0 Å². The number of anilines is 1. The van der Waals surface area contributed by atoms with Crippen LogP contribution in [0.15, 0.2) is 77.4 Å². The van der Waals surface area contributed by atoms with Gasteiger partial charge in [-0.3, -0.25) is 9.59 Å². The van der Waals surface area contributed by atoms with Crippen LogP contribution in [0.5, 0.6) is 0 Å². The predicted octanol–water partition coefficient (Wildman–Crippen LogP) is 5.82. The van der Waals surface area contributed by atoms with Gasteiger partial charge >= 0.3 is 0 Å². The standard InChI is InChI=1S/C29H28BrN3O3/c1-18-16-19(30)12-13-24(18)31-28(34)26-21-9-4-5-10-22(21)29(35)33(14-15-36-3)27(26)23-17-32(2)25-11-7-6-8-20(23)25/h4-13,16-17,26-27H,14-15H2,1-3H3,(H,31,34)/t26-,27+/m1/s1. The quantitative estimate of drug-likeness (QED) is 0.332. The number of fused-ring (bicyclic) bond motifs is 2. The number of aromatic nitrogens is 1. The van der Waals surface area contributed by atoms with Gasteiger partial charge in [-0.25, -0.2) is 0 Å². The van der Waals surface area contributed by atoms with E-state index in [1.54, 1.807) is 12.0 Å². The summed E-state index contributed by atoms with van der Waals surface area (Å²) in [6, 6.07) is 20.8. The fraction of sp³-hybridized carbons (Fsp3) is 0.241. The first-order valence-corrected chi connectivity index (χ1v) is 12.7. The van der Waals surface area contributed by atoms with Gasteiger partial charge in [0.15, 0.2) is 0 Å². The maximum Gasteiger partial charge on any atom is 0.254 e. The monoisotopic (exact) mass is 545 g/mol. The molecule has 0 unspecified atom stereocenters. The Morgan fingerprint density at radius 3 is 2.58 bits per heavy atom. The lowest BCUT2D eigenvalue weighted by Gasteiger charge is -2.41. The molecule has 7 heteroatoms. The number of rotatable bonds is 6. The van der Waals surface area contributed by atoms with Crippen molar-refractivity contribution in [1.82, 2.24) is 9.47 Å². The average Bonchev–Trinajstić information content (AvgIpc) is 3.21. The van der Waals surface area contributed by atoms with E-state index in [4.69, 9.17) is 4.74 Å². The number of methoxy groups -OCH3 is 1. The second-order valence-corrected chi connectivity index (χ2v) is 10.1. The van der Waals surface area contributed by atoms with E-state index in [9.17, 15) is 9.59 Å². The lowest BCUT2D eigenvalue weighted by Crippen LogP contribution is -2.47. The van der Waals surface area contributed by atoms with E-state index < -0.39 is 12.0 Å². The van der Waals surface area contributed by atoms with Gasteiger partial charge < -0.3 is 19.5 Å². The molecule has 1 aliphatic heterocycles. The van der Waals surface area contributed by atoms with Gasteiger partial charge in [0.05, 0.1) is 18.6 Å². The number of aryl methyl sites for hydroxylation is 2. The summed E-state index contributed by atoms with van der Waals surface area (Å²) >= 11 is 3.49. The molecule has 36 heavy (non-hydrogen) atoms. The van der Waals surface area contributed by atoms with E-state index >= 15 is 0 Å². The zero-order valence-electron chi connectivity index (χ0n) is 20.5. The molecule has 0 saturated heterocycles. The van der Waals surface area contributed by atoms with Crippen molar-refractivity contribution in [3.63, 3.8) is 0 Å². The number of ether oxygens (including phenoxy) is 1. The van der Waals surface area contributed by atoms with Crippen molar-refractivity contribution in [1.29, 1.82) is 0 Å². The van der Waals surface area contributed by atoms with Crippen molar-refractivity contribution in [2.24, 2.45) is 7.05 Å². The van der Waals surface area contributed by atoms with E-state index in [0.717, 1.165) is 37.8 Å². The molecule has 1 aliphatic rings. The van der Waals surface area contributed by atoms with Gasteiger partial charge in [-0.05, 0) is 48.4 Å². The van der Waals surface area contributed by atoms with Gasteiger partial charge in [-0.15, -0.1) is 0 Å². The third-order valence-electron chi connectivity index (χ3n) is 6.95. The van der Waals surface area contributed by atoms with E-state index in [1.807, 2.05) is 74.8 Å². The summed E-state index contributed by atoms with van der Waals surface area (Å²) < 4.78 is 8.38. The fourth-order valence-electron chi connectivity index (χ4n) is 5.24. The minimum Gasteiger partial charge on any atom is -0.383 e. The SMILES string of the molecule is COCCN1C(=O)c2ccccc2[C@@H](C(=O)Nc2ccc(Br)cc2C)[C@@H]1c1cn(C)c2ccccc12. The number of hydrogen-bond acceptors (Lipinski definition) is 3. The number of amides is 2. The molecule has 6 nitrogen and oxygen atoms in total. The Balaban J connectivity index is 1.69. The van der Waals surface area contributed by atoms with Crippen molar-refractivity contribution >= 4 is 44.3 Å². The van der Waals surface area contributed by atoms with Crippen LogP contribution in [-0.4, -0.2) is 41.5 Å². The lowest BCUT2D eigenvalue weighted by molar-refractivity contribution is -0.119. The smallest absolute Gasteiger partial charge is 0.254 e. The molecule has 2 heterocycles.